The fourth-order valence-corrected chi connectivity index (χ4v) is 2.02. The van der Waals surface area contributed by atoms with Crippen molar-refractivity contribution in [1.82, 2.24) is 0 Å². The van der Waals surface area contributed by atoms with Crippen molar-refractivity contribution in [2.45, 2.75) is 4.90 Å². The van der Waals surface area contributed by atoms with E-state index >= 15 is 0 Å². The van der Waals surface area contributed by atoms with Crippen molar-refractivity contribution in [3.05, 3.63) is 42.5 Å². The summed E-state index contributed by atoms with van der Waals surface area (Å²) >= 11 is 1.72. The van der Waals surface area contributed by atoms with E-state index in [0.717, 1.165) is 17.1 Å². The Hall–Kier alpha value is -1.81. The average Bonchev–Trinajstić information content (AvgIpc) is 2.42. The molecule has 0 bridgehead atoms. The molecule has 0 saturated heterocycles. The topological polar surface area (TPSA) is 47.3 Å². The molecule has 3 nitrogen and oxygen atoms in total. The van der Waals surface area contributed by atoms with Crippen molar-refractivity contribution in [3.8, 4) is 5.75 Å². The monoisotopic (exact) mass is 260 g/mol. The smallest absolute Gasteiger partial charge is 0.121 e. The fourth-order valence-electron chi connectivity index (χ4n) is 1.61. The fraction of sp³-hybridized carbons (Fsp3) is 0.143. The average molecular weight is 260 g/mol. The second-order valence-corrected chi connectivity index (χ2v) is 4.69. The number of rotatable bonds is 4. The van der Waals surface area contributed by atoms with Gasteiger partial charge in [-0.25, -0.2) is 0 Å². The van der Waals surface area contributed by atoms with Crippen molar-refractivity contribution in [2.24, 2.45) is 0 Å². The molecule has 0 unspecified atom stereocenters. The molecule has 2 aromatic rings. The van der Waals surface area contributed by atoms with E-state index in [1.54, 1.807) is 24.9 Å². The molecule has 0 radical (unpaired) electrons. The van der Waals surface area contributed by atoms with E-state index in [1.807, 2.05) is 24.3 Å². The van der Waals surface area contributed by atoms with Crippen LogP contribution in [-0.2, 0) is 0 Å². The van der Waals surface area contributed by atoms with E-state index in [9.17, 15) is 0 Å². The molecule has 0 saturated carbocycles. The Balaban J connectivity index is 2.17. The summed E-state index contributed by atoms with van der Waals surface area (Å²) in [5.74, 6) is 0.760. The van der Waals surface area contributed by atoms with Gasteiger partial charge in [0.05, 0.1) is 18.5 Å². The summed E-state index contributed by atoms with van der Waals surface area (Å²) < 4.78 is 5.12. The number of thioether (sulfide) groups is 1. The van der Waals surface area contributed by atoms with Gasteiger partial charge in [0.2, 0.25) is 0 Å². The molecule has 0 spiro atoms. The second-order valence-electron chi connectivity index (χ2n) is 3.81. The van der Waals surface area contributed by atoms with Crippen LogP contribution in [-0.4, -0.2) is 13.4 Å². The third-order valence-electron chi connectivity index (χ3n) is 2.63. The van der Waals surface area contributed by atoms with Gasteiger partial charge in [-0.1, -0.05) is 0 Å². The maximum Gasteiger partial charge on any atom is 0.121 e. The molecule has 3 N–H and O–H groups in total. The first-order valence-electron chi connectivity index (χ1n) is 5.57. The lowest BCUT2D eigenvalue weighted by molar-refractivity contribution is 0.415. The van der Waals surface area contributed by atoms with Crippen molar-refractivity contribution in [3.63, 3.8) is 0 Å². The predicted molar refractivity (Wildman–Crippen MR) is 78.9 cm³/mol. The van der Waals surface area contributed by atoms with Gasteiger partial charge >= 0.3 is 0 Å². The second kappa shape index (κ2) is 5.69. The first-order valence-corrected chi connectivity index (χ1v) is 6.80. The molecule has 94 valence electrons. The predicted octanol–water partition coefficient (Wildman–Crippen LogP) is 3.74. The normalized spacial score (nSPS) is 10.1. The van der Waals surface area contributed by atoms with Gasteiger partial charge in [-0.3, -0.25) is 0 Å². The van der Waals surface area contributed by atoms with Gasteiger partial charge in [0, 0.05) is 16.6 Å². The number of anilines is 3. The van der Waals surface area contributed by atoms with Crippen LogP contribution in [0.1, 0.15) is 0 Å². The number of hydrogen-bond acceptors (Lipinski definition) is 4. The molecule has 0 aliphatic carbocycles. The summed E-state index contributed by atoms with van der Waals surface area (Å²) in [5.41, 5.74) is 8.52. The lowest BCUT2D eigenvalue weighted by atomic mass is 10.2. The highest BCUT2D eigenvalue weighted by Crippen LogP contribution is 2.27. The molecule has 2 rings (SSSR count). The molecule has 0 aliphatic rings. The molecular weight excluding hydrogens is 244 g/mol. The van der Waals surface area contributed by atoms with Crippen molar-refractivity contribution < 1.29 is 4.74 Å². The number of hydrogen-bond donors (Lipinski definition) is 2. The first-order chi connectivity index (χ1) is 8.72. The number of ether oxygens (including phenoxy) is 1. The van der Waals surface area contributed by atoms with Gasteiger partial charge in [-0.2, -0.15) is 0 Å². The lowest BCUT2D eigenvalue weighted by Gasteiger charge is -2.11. The zero-order valence-electron chi connectivity index (χ0n) is 10.4. The molecule has 18 heavy (non-hydrogen) atoms. The minimum Gasteiger partial charge on any atom is -0.497 e. The van der Waals surface area contributed by atoms with Crippen LogP contribution >= 0.6 is 11.8 Å². The minimum atomic E-state index is 0.670. The molecule has 2 aromatic carbocycles. The van der Waals surface area contributed by atoms with E-state index < -0.39 is 0 Å². The third kappa shape index (κ3) is 2.90. The molecule has 0 aromatic heterocycles. The molecular formula is C14H16N2OS. The third-order valence-corrected chi connectivity index (χ3v) is 3.37. The van der Waals surface area contributed by atoms with Crippen LogP contribution < -0.4 is 15.8 Å². The van der Waals surface area contributed by atoms with Crippen LogP contribution in [0.25, 0.3) is 0 Å². The largest absolute Gasteiger partial charge is 0.497 e. The van der Waals surface area contributed by atoms with Gasteiger partial charge in [0.1, 0.15) is 5.75 Å². The van der Waals surface area contributed by atoms with E-state index in [2.05, 4.69) is 23.7 Å². The lowest BCUT2D eigenvalue weighted by Crippen LogP contribution is -1.96. The molecule has 0 amide bonds. The Morgan fingerprint density at radius 1 is 1.11 bits per heavy atom. The highest BCUT2D eigenvalue weighted by molar-refractivity contribution is 7.98. The van der Waals surface area contributed by atoms with E-state index in [-0.39, 0.29) is 0 Å². The van der Waals surface area contributed by atoms with Crippen LogP contribution in [0.2, 0.25) is 0 Å². The summed E-state index contributed by atoms with van der Waals surface area (Å²) in [6.07, 6.45) is 2.06. The highest BCUT2D eigenvalue weighted by atomic mass is 32.2. The summed E-state index contributed by atoms with van der Waals surface area (Å²) in [4.78, 5) is 1.24. The van der Waals surface area contributed by atoms with Crippen LogP contribution in [0, 0.1) is 0 Å². The molecule has 4 heteroatoms. The van der Waals surface area contributed by atoms with Gasteiger partial charge in [-0.05, 0) is 42.7 Å². The van der Waals surface area contributed by atoms with Gasteiger partial charge in [0.25, 0.3) is 0 Å². The Morgan fingerprint density at radius 2 is 1.83 bits per heavy atom. The Labute approximate surface area is 111 Å². The SMILES string of the molecule is COc1ccc(Nc2ccc(SC)cc2)c(N)c1. The van der Waals surface area contributed by atoms with Crippen LogP contribution in [0.5, 0.6) is 5.75 Å². The maximum absolute atomic E-state index is 5.95. The highest BCUT2D eigenvalue weighted by Gasteiger charge is 2.01. The zero-order chi connectivity index (χ0) is 13.0. The Bertz CT molecular complexity index is 526. The van der Waals surface area contributed by atoms with E-state index in [0.29, 0.717) is 5.69 Å². The number of nitrogens with two attached hydrogens (primary N) is 1. The summed E-state index contributed by atoms with van der Waals surface area (Å²) in [6, 6.07) is 13.8. The Kier molecular flexibility index (Phi) is 3.99. The molecule has 0 atom stereocenters. The van der Waals surface area contributed by atoms with Crippen molar-refractivity contribution in [1.29, 1.82) is 0 Å². The van der Waals surface area contributed by atoms with Gasteiger partial charge < -0.3 is 15.8 Å². The Morgan fingerprint density at radius 3 is 2.39 bits per heavy atom. The van der Waals surface area contributed by atoms with Crippen LogP contribution in [0.15, 0.2) is 47.4 Å². The van der Waals surface area contributed by atoms with Gasteiger partial charge in [-0.15, -0.1) is 11.8 Å². The number of nitrogen functional groups attached to an aromatic ring is 1. The summed E-state index contributed by atoms with van der Waals surface area (Å²) in [5, 5.41) is 3.28. The van der Waals surface area contributed by atoms with E-state index in [4.69, 9.17) is 10.5 Å². The van der Waals surface area contributed by atoms with E-state index in [1.165, 1.54) is 4.90 Å². The first kappa shape index (κ1) is 12.6. The quantitative estimate of drug-likeness (QED) is 0.649. The number of nitrogens with one attached hydrogen (secondary N) is 1. The standard InChI is InChI=1S/C14H16N2OS/c1-17-11-5-8-14(13(15)9-11)16-10-3-6-12(18-2)7-4-10/h3-9,16H,15H2,1-2H3. The number of benzene rings is 2. The molecule has 0 fully saturated rings. The zero-order valence-corrected chi connectivity index (χ0v) is 11.3. The van der Waals surface area contributed by atoms with Crippen molar-refractivity contribution >= 4 is 28.8 Å². The summed E-state index contributed by atoms with van der Waals surface area (Å²) in [6.45, 7) is 0. The minimum absolute atomic E-state index is 0.670. The molecule has 0 aliphatic heterocycles. The van der Waals surface area contributed by atoms with Crippen molar-refractivity contribution in [2.75, 3.05) is 24.4 Å². The maximum atomic E-state index is 5.95. The van der Waals surface area contributed by atoms with Crippen LogP contribution in [0.4, 0.5) is 17.1 Å². The van der Waals surface area contributed by atoms with Gasteiger partial charge in [0.15, 0.2) is 0 Å². The van der Waals surface area contributed by atoms with Crippen LogP contribution in [0.3, 0.4) is 0 Å². The number of methoxy groups -OCH3 is 1. The summed E-state index contributed by atoms with van der Waals surface area (Å²) in [7, 11) is 1.63. The molecule has 0 heterocycles.